The molecule has 0 radical (unpaired) electrons. The van der Waals surface area contributed by atoms with E-state index in [1.807, 2.05) is 31.2 Å². The third kappa shape index (κ3) is 5.16. The fourth-order valence-electron chi connectivity index (χ4n) is 3.00. The fraction of sp³-hybridized carbons (Fsp3) is 0.409. The van der Waals surface area contributed by atoms with E-state index in [2.05, 4.69) is 33.8 Å². The Hall–Kier alpha value is -1.66. The summed E-state index contributed by atoms with van der Waals surface area (Å²) in [5.74, 6) is 0.885. The van der Waals surface area contributed by atoms with E-state index < -0.39 is 0 Å². The van der Waals surface area contributed by atoms with Gasteiger partial charge in [0.25, 0.3) is 0 Å². The Kier molecular flexibility index (Phi) is 7.20. The Labute approximate surface area is 153 Å². The average molecular weight is 356 g/mol. The van der Waals surface area contributed by atoms with Crippen LogP contribution in [0.1, 0.15) is 58.8 Å². The molecule has 2 aromatic rings. The quantitative estimate of drug-likeness (QED) is 0.452. The Balaban J connectivity index is 2.05. The van der Waals surface area contributed by atoms with Gasteiger partial charge in [-0.05, 0) is 82.4 Å². The maximum Gasteiger partial charge on any atom is 0.186 e. The first-order valence-corrected chi connectivity index (χ1v) is 10.1. The minimum absolute atomic E-state index is 0.146. The second-order valence-electron chi connectivity index (χ2n) is 6.67. The van der Waals surface area contributed by atoms with Gasteiger partial charge in [0.15, 0.2) is 5.52 Å². The highest BCUT2D eigenvalue weighted by Gasteiger charge is 2.15. The van der Waals surface area contributed by atoms with Crippen LogP contribution in [-0.2, 0) is 0 Å². The van der Waals surface area contributed by atoms with Gasteiger partial charge in [-0.15, -0.1) is 0 Å². The van der Waals surface area contributed by atoms with Crippen LogP contribution in [0, 0.1) is 27.7 Å². The lowest BCUT2D eigenvalue weighted by atomic mass is 9.95. The van der Waals surface area contributed by atoms with Gasteiger partial charge in [-0.3, -0.25) is 4.79 Å². The average Bonchev–Trinajstić information content (AvgIpc) is 2.58. The third-order valence-corrected chi connectivity index (χ3v) is 5.81. The van der Waals surface area contributed by atoms with Crippen LogP contribution in [-0.4, -0.2) is 12.1 Å². The first-order valence-electron chi connectivity index (χ1n) is 9.05. The van der Waals surface area contributed by atoms with Crippen LogP contribution < -0.4 is 10.0 Å². The lowest BCUT2D eigenvalue weighted by Crippen LogP contribution is -2.07. The van der Waals surface area contributed by atoms with Crippen molar-refractivity contribution in [3.63, 3.8) is 0 Å². The van der Waals surface area contributed by atoms with E-state index >= 15 is 0 Å². The molecular formula is C22H29O2P. The number of unbranched alkanes of at least 4 members (excludes halogenated alkanes) is 2. The molecule has 2 nitrogen and oxygen atoms in total. The molecule has 0 aliphatic carbocycles. The number of carbonyl (C=O) groups excluding carboxylic acids is 1. The molecule has 1 atom stereocenters. The number of rotatable bonds is 8. The van der Waals surface area contributed by atoms with Gasteiger partial charge in [0.05, 0.1) is 6.61 Å². The predicted molar refractivity (Wildman–Crippen MR) is 109 cm³/mol. The van der Waals surface area contributed by atoms with E-state index in [4.69, 9.17) is 4.74 Å². The second-order valence-corrected chi connectivity index (χ2v) is 7.95. The summed E-state index contributed by atoms with van der Waals surface area (Å²) in [7, 11) is 0.146. The van der Waals surface area contributed by atoms with Gasteiger partial charge in [0.1, 0.15) is 5.75 Å². The molecule has 0 aliphatic rings. The normalized spacial score (nSPS) is 11.2. The fourth-order valence-corrected chi connectivity index (χ4v) is 4.11. The van der Waals surface area contributed by atoms with E-state index in [1.54, 1.807) is 0 Å². The van der Waals surface area contributed by atoms with Crippen LogP contribution in [0.15, 0.2) is 30.3 Å². The van der Waals surface area contributed by atoms with Gasteiger partial charge in [0.2, 0.25) is 0 Å². The summed E-state index contributed by atoms with van der Waals surface area (Å²) in [5.41, 5.74) is 5.77. The van der Waals surface area contributed by atoms with Crippen LogP contribution in [0.5, 0.6) is 5.75 Å². The van der Waals surface area contributed by atoms with Crippen molar-refractivity contribution >= 4 is 19.4 Å². The smallest absolute Gasteiger partial charge is 0.186 e. The van der Waals surface area contributed by atoms with Gasteiger partial charge in [-0.25, -0.2) is 0 Å². The zero-order chi connectivity index (χ0) is 18.4. The van der Waals surface area contributed by atoms with E-state index in [0.29, 0.717) is 0 Å². The number of hydrogen-bond acceptors (Lipinski definition) is 2. The van der Waals surface area contributed by atoms with Gasteiger partial charge < -0.3 is 4.74 Å². The van der Waals surface area contributed by atoms with E-state index in [0.717, 1.165) is 40.8 Å². The van der Waals surface area contributed by atoms with Crippen LogP contribution in [0.3, 0.4) is 0 Å². The highest BCUT2D eigenvalue weighted by molar-refractivity contribution is 7.66. The molecule has 0 saturated heterocycles. The monoisotopic (exact) mass is 356 g/mol. The minimum atomic E-state index is 0.146. The summed E-state index contributed by atoms with van der Waals surface area (Å²) in [4.78, 5) is 12.8. The van der Waals surface area contributed by atoms with Crippen LogP contribution >= 0.6 is 8.58 Å². The standard InChI is InChI=1S/C22H29O2P/c1-6-7-8-13-24-19-9-11-20(12-10-19)25-22(23)21-16(3)14-15(2)17(4)18(21)5/h9-12,14,25H,6-8,13H2,1-5H3. The van der Waals surface area contributed by atoms with Crippen molar-refractivity contribution < 1.29 is 9.53 Å². The van der Waals surface area contributed by atoms with Crippen molar-refractivity contribution in [2.24, 2.45) is 0 Å². The maximum atomic E-state index is 12.8. The van der Waals surface area contributed by atoms with Crippen molar-refractivity contribution in [2.45, 2.75) is 53.9 Å². The molecule has 0 aliphatic heterocycles. The molecule has 134 valence electrons. The lowest BCUT2D eigenvalue weighted by molar-refractivity contribution is 0.108. The van der Waals surface area contributed by atoms with E-state index in [-0.39, 0.29) is 14.1 Å². The third-order valence-electron chi connectivity index (χ3n) is 4.71. The van der Waals surface area contributed by atoms with Crippen molar-refractivity contribution in [3.8, 4) is 5.75 Å². The minimum Gasteiger partial charge on any atom is -0.494 e. The zero-order valence-electron chi connectivity index (χ0n) is 16.0. The molecular weight excluding hydrogens is 327 g/mol. The molecule has 0 saturated carbocycles. The highest BCUT2D eigenvalue weighted by Crippen LogP contribution is 2.28. The Morgan fingerprint density at radius 3 is 2.28 bits per heavy atom. The van der Waals surface area contributed by atoms with E-state index in [1.165, 1.54) is 24.0 Å². The summed E-state index contributed by atoms with van der Waals surface area (Å²) in [6.07, 6.45) is 3.48. The van der Waals surface area contributed by atoms with Gasteiger partial charge in [0, 0.05) is 5.56 Å². The summed E-state index contributed by atoms with van der Waals surface area (Å²) < 4.78 is 5.74. The number of carbonyl (C=O) groups is 1. The number of aryl methyl sites for hydroxylation is 2. The summed E-state index contributed by atoms with van der Waals surface area (Å²) in [6, 6.07) is 10.1. The van der Waals surface area contributed by atoms with Crippen molar-refractivity contribution in [1.82, 2.24) is 0 Å². The van der Waals surface area contributed by atoms with Crippen molar-refractivity contribution in [3.05, 3.63) is 58.1 Å². The van der Waals surface area contributed by atoms with E-state index in [9.17, 15) is 4.79 Å². The Bertz CT molecular complexity index is 733. The summed E-state index contributed by atoms with van der Waals surface area (Å²) >= 11 is 0. The molecule has 2 rings (SSSR count). The maximum absolute atomic E-state index is 12.8. The van der Waals surface area contributed by atoms with Gasteiger partial charge >= 0.3 is 0 Å². The largest absolute Gasteiger partial charge is 0.494 e. The second kappa shape index (κ2) is 9.15. The summed E-state index contributed by atoms with van der Waals surface area (Å²) in [6.45, 7) is 11.2. The molecule has 0 spiro atoms. The predicted octanol–water partition coefficient (Wildman–Crippen LogP) is 5.63. The number of ether oxygens (including phenoxy) is 1. The van der Waals surface area contributed by atoms with Crippen LogP contribution in [0.2, 0.25) is 0 Å². The van der Waals surface area contributed by atoms with Crippen LogP contribution in [0.25, 0.3) is 0 Å². The molecule has 0 bridgehead atoms. The molecule has 0 heterocycles. The molecule has 0 N–H and O–H groups in total. The van der Waals surface area contributed by atoms with Gasteiger partial charge in [-0.2, -0.15) is 0 Å². The molecule has 3 heteroatoms. The molecule has 0 amide bonds. The van der Waals surface area contributed by atoms with Crippen molar-refractivity contribution in [1.29, 1.82) is 0 Å². The van der Waals surface area contributed by atoms with Gasteiger partial charge in [-0.1, -0.05) is 38.0 Å². The number of hydrogen-bond donors (Lipinski definition) is 0. The highest BCUT2D eigenvalue weighted by atomic mass is 31.1. The molecule has 25 heavy (non-hydrogen) atoms. The lowest BCUT2D eigenvalue weighted by Gasteiger charge is -2.14. The molecule has 2 aromatic carbocycles. The van der Waals surface area contributed by atoms with Crippen molar-refractivity contribution in [2.75, 3.05) is 6.61 Å². The Morgan fingerprint density at radius 2 is 1.64 bits per heavy atom. The summed E-state index contributed by atoms with van der Waals surface area (Å²) in [5, 5.41) is 1.06. The molecule has 0 fully saturated rings. The molecule has 0 aromatic heterocycles. The first-order chi connectivity index (χ1) is 11.9. The SMILES string of the molecule is CCCCCOc1ccc(PC(=O)c2c(C)cc(C)c(C)c2C)cc1. The first kappa shape index (κ1) is 19.7. The van der Waals surface area contributed by atoms with Crippen LogP contribution in [0.4, 0.5) is 0 Å². The topological polar surface area (TPSA) is 26.3 Å². The Morgan fingerprint density at radius 1 is 0.960 bits per heavy atom. The number of benzene rings is 2. The zero-order valence-corrected chi connectivity index (χ0v) is 17.0. The molecule has 1 unspecified atom stereocenters.